The highest BCUT2D eigenvalue weighted by Crippen LogP contribution is 1.94. The van der Waals surface area contributed by atoms with E-state index in [2.05, 4.69) is 11.3 Å². The van der Waals surface area contributed by atoms with Crippen molar-refractivity contribution >= 4 is 5.97 Å². The van der Waals surface area contributed by atoms with Crippen LogP contribution in [-0.2, 0) is 9.53 Å². The third kappa shape index (κ3) is 3.15. The smallest absolute Gasteiger partial charge is 0.325 e. The molecule has 0 heterocycles. The molecule has 2 atom stereocenters. The van der Waals surface area contributed by atoms with E-state index in [-0.39, 0.29) is 6.61 Å². The fourth-order valence-electron chi connectivity index (χ4n) is 0.525. The highest BCUT2D eigenvalue weighted by Gasteiger charge is 2.20. The van der Waals surface area contributed by atoms with E-state index in [9.17, 15) is 4.79 Å². The van der Waals surface area contributed by atoms with Gasteiger partial charge in [-0.1, -0.05) is 6.08 Å². The van der Waals surface area contributed by atoms with Gasteiger partial charge in [-0.25, -0.2) is 0 Å². The maximum absolute atomic E-state index is 10.8. The molecule has 4 nitrogen and oxygen atoms in total. The van der Waals surface area contributed by atoms with E-state index in [4.69, 9.17) is 10.8 Å². The standard InChI is InChI=1S/C7H13NO3/c1-3-5(9)6(8)7(10)11-4-2/h3,5-6,9H,1,4,8H2,2H3/t5-,6-/m0/s1. The molecule has 0 aliphatic heterocycles. The summed E-state index contributed by atoms with van der Waals surface area (Å²) in [5.41, 5.74) is 5.26. The van der Waals surface area contributed by atoms with Crippen LogP contribution in [0.25, 0.3) is 0 Å². The molecule has 0 amide bonds. The lowest BCUT2D eigenvalue weighted by atomic mass is 10.2. The third-order valence-corrected chi connectivity index (χ3v) is 1.17. The average molecular weight is 159 g/mol. The minimum absolute atomic E-state index is 0.260. The number of ether oxygens (including phenoxy) is 1. The van der Waals surface area contributed by atoms with Crippen LogP contribution in [0.3, 0.4) is 0 Å². The van der Waals surface area contributed by atoms with Crippen LogP contribution in [0.5, 0.6) is 0 Å². The number of carbonyl (C=O) groups excluding carboxylic acids is 1. The van der Waals surface area contributed by atoms with E-state index in [0.29, 0.717) is 0 Å². The molecule has 0 bridgehead atoms. The largest absolute Gasteiger partial charge is 0.465 e. The Morgan fingerprint density at radius 3 is 2.82 bits per heavy atom. The van der Waals surface area contributed by atoms with Crippen molar-refractivity contribution in [1.29, 1.82) is 0 Å². The maximum atomic E-state index is 10.8. The summed E-state index contributed by atoms with van der Waals surface area (Å²) in [7, 11) is 0. The number of aliphatic hydroxyl groups excluding tert-OH is 1. The Morgan fingerprint density at radius 1 is 1.91 bits per heavy atom. The van der Waals surface area contributed by atoms with Crippen molar-refractivity contribution in [2.24, 2.45) is 5.73 Å². The molecule has 0 aromatic carbocycles. The summed E-state index contributed by atoms with van der Waals surface area (Å²) in [6, 6.07) is -1.02. The highest BCUT2D eigenvalue weighted by atomic mass is 16.5. The van der Waals surface area contributed by atoms with Crippen molar-refractivity contribution in [1.82, 2.24) is 0 Å². The molecule has 64 valence electrons. The molecule has 0 radical (unpaired) electrons. The van der Waals surface area contributed by atoms with Gasteiger partial charge in [-0.3, -0.25) is 4.79 Å². The van der Waals surface area contributed by atoms with Crippen LogP contribution in [0, 0.1) is 0 Å². The zero-order chi connectivity index (χ0) is 8.85. The van der Waals surface area contributed by atoms with Crippen LogP contribution in [0.15, 0.2) is 12.7 Å². The molecule has 0 aliphatic rings. The van der Waals surface area contributed by atoms with Crippen LogP contribution < -0.4 is 5.73 Å². The van der Waals surface area contributed by atoms with Gasteiger partial charge in [0.15, 0.2) is 0 Å². The van der Waals surface area contributed by atoms with E-state index in [1.165, 1.54) is 6.08 Å². The Balaban J connectivity index is 3.90. The first-order valence-corrected chi connectivity index (χ1v) is 3.36. The molecule has 0 aliphatic carbocycles. The molecule has 3 N–H and O–H groups in total. The summed E-state index contributed by atoms with van der Waals surface area (Å²) < 4.78 is 4.55. The second-order valence-corrected chi connectivity index (χ2v) is 2.00. The van der Waals surface area contributed by atoms with Crippen molar-refractivity contribution in [3.05, 3.63) is 12.7 Å². The first-order valence-electron chi connectivity index (χ1n) is 3.36. The molecule has 0 fully saturated rings. The lowest BCUT2D eigenvalue weighted by molar-refractivity contribution is -0.146. The molecule has 0 spiro atoms. The summed E-state index contributed by atoms with van der Waals surface area (Å²) in [5, 5.41) is 8.98. The van der Waals surface area contributed by atoms with Crippen molar-refractivity contribution in [2.75, 3.05) is 6.61 Å². The highest BCUT2D eigenvalue weighted by molar-refractivity contribution is 5.76. The van der Waals surface area contributed by atoms with Gasteiger partial charge in [-0.05, 0) is 6.92 Å². The van der Waals surface area contributed by atoms with Crippen molar-refractivity contribution < 1.29 is 14.6 Å². The van der Waals surface area contributed by atoms with Crippen LogP contribution >= 0.6 is 0 Å². The number of carbonyl (C=O) groups is 1. The molecular weight excluding hydrogens is 146 g/mol. The molecule has 0 saturated carbocycles. The summed E-state index contributed by atoms with van der Waals surface area (Å²) in [6.45, 7) is 5.22. The molecule has 0 unspecified atom stereocenters. The molecular formula is C7H13NO3. The molecule has 0 aromatic heterocycles. The van der Waals surface area contributed by atoms with Gasteiger partial charge in [0.05, 0.1) is 12.7 Å². The van der Waals surface area contributed by atoms with Crippen molar-refractivity contribution in [2.45, 2.75) is 19.1 Å². The Labute approximate surface area is 65.6 Å². The first-order chi connectivity index (χ1) is 5.13. The van der Waals surface area contributed by atoms with E-state index in [0.717, 1.165) is 0 Å². The lowest BCUT2D eigenvalue weighted by Gasteiger charge is -2.12. The zero-order valence-electron chi connectivity index (χ0n) is 6.49. The molecule has 0 rings (SSSR count). The zero-order valence-corrected chi connectivity index (χ0v) is 6.49. The predicted octanol–water partition coefficient (Wildman–Crippen LogP) is -0.576. The van der Waals surface area contributed by atoms with Crippen LogP contribution in [-0.4, -0.2) is 29.8 Å². The van der Waals surface area contributed by atoms with Gasteiger partial charge in [0, 0.05) is 0 Å². The predicted molar refractivity (Wildman–Crippen MR) is 40.8 cm³/mol. The van der Waals surface area contributed by atoms with E-state index < -0.39 is 18.1 Å². The van der Waals surface area contributed by atoms with E-state index in [1.807, 2.05) is 0 Å². The van der Waals surface area contributed by atoms with Crippen LogP contribution in [0.4, 0.5) is 0 Å². The monoisotopic (exact) mass is 159 g/mol. The molecule has 11 heavy (non-hydrogen) atoms. The maximum Gasteiger partial charge on any atom is 0.325 e. The van der Waals surface area contributed by atoms with E-state index >= 15 is 0 Å². The van der Waals surface area contributed by atoms with Gasteiger partial charge in [-0.15, -0.1) is 6.58 Å². The topological polar surface area (TPSA) is 72.5 Å². The number of nitrogens with two attached hydrogens (primary N) is 1. The number of esters is 1. The summed E-state index contributed by atoms with van der Waals surface area (Å²) in [6.07, 6.45) is 0.163. The summed E-state index contributed by atoms with van der Waals surface area (Å²) in [4.78, 5) is 10.8. The minimum atomic E-state index is -1.03. The Hall–Kier alpha value is -0.870. The number of hydrogen-bond acceptors (Lipinski definition) is 4. The molecule has 4 heteroatoms. The van der Waals surface area contributed by atoms with Gasteiger partial charge in [0.1, 0.15) is 6.04 Å². The minimum Gasteiger partial charge on any atom is -0.465 e. The fraction of sp³-hybridized carbons (Fsp3) is 0.571. The SMILES string of the molecule is C=C[C@H](O)[C@H](N)C(=O)OCC. The van der Waals surface area contributed by atoms with Gasteiger partial charge in [0.25, 0.3) is 0 Å². The second kappa shape index (κ2) is 4.87. The summed E-state index contributed by atoms with van der Waals surface area (Å²) >= 11 is 0. The normalized spacial score (nSPS) is 15.2. The average Bonchev–Trinajstić information content (AvgIpc) is 2.02. The van der Waals surface area contributed by atoms with Gasteiger partial charge < -0.3 is 15.6 Å². The number of aliphatic hydroxyl groups is 1. The Bertz CT molecular complexity index is 147. The van der Waals surface area contributed by atoms with Crippen LogP contribution in [0.1, 0.15) is 6.92 Å². The number of rotatable bonds is 4. The quantitative estimate of drug-likeness (QED) is 0.425. The van der Waals surface area contributed by atoms with Gasteiger partial charge in [-0.2, -0.15) is 0 Å². The fourth-order valence-corrected chi connectivity index (χ4v) is 0.525. The number of hydrogen-bond donors (Lipinski definition) is 2. The first kappa shape index (κ1) is 10.1. The Morgan fingerprint density at radius 2 is 2.45 bits per heavy atom. The Kier molecular flexibility index (Phi) is 4.49. The lowest BCUT2D eigenvalue weighted by Crippen LogP contribution is -2.41. The van der Waals surface area contributed by atoms with E-state index in [1.54, 1.807) is 6.92 Å². The molecule has 0 saturated heterocycles. The van der Waals surface area contributed by atoms with Gasteiger partial charge >= 0.3 is 5.97 Å². The third-order valence-electron chi connectivity index (χ3n) is 1.17. The van der Waals surface area contributed by atoms with Gasteiger partial charge in [0.2, 0.25) is 0 Å². The van der Waals surface area contributed by atoms with Crippen molar-refractivity contribution in [3.63, 3.8) is 0 Å². The second-order valence-electron chi connectivity index (χ2n) is 2.00. The molecule has 0 aromatic rings. The van der Waals surface area contributed by atoms with Crippen LogP contribution in [0.2, 0.25) is 0 Å². The van der Waals surface area contributed by atoms with Crippen molar-refractivity contribution in [3.8, 4) is 0 Å². The summed E-state index contributed by atoms with van der Waals surface area (Å²) in [5.74, 6) is -0.611.